The lowest BCUT2D eigenvalue weighted by atomic mass is 10.2. The number of nitrogens with one attached hydrogen (secondary N) is 2. The molecule has 0 aliphatic carbocycles. The number of aromatic nitrogens is 2. The lowest BCUT2D eigenvalue weighted by Crippen LogP contribution is -2.23. The first-order valence-corrected chi connectivity index (χ1v) is 8.25. The van der Waals surface area contributed by atoms with E-state index >= 15 is 0 Å². The highest BCUT2D eigenvalue weighted by atomic mass is 16.5. The Bertz CT molecular complexity index is 927. The molecule has 0 spiro atoms. The van der Waals surface area contributed by atoms with Gasteiger partial charge in [-0.05, 0) is 23.8 Å². The number of anilines is 2. The van der Waals surface area contributed by atoms with Gasteiger partial charge in [-0.1, -0.05) is 36.4 Å². The second-order valence-corrected chi connectivity index (χ2v) is 5.66. The van der Waals surface area contributed by atoms with Crippen LogP contribution in [-0.4, -0.2) is 29.0 Å². The quantitative estimate of drug-likeness (QED) is 0.655. The van der Waals surface area contributed by atoms with E-state index in [1.54, 1.807) is 24.3 Å². The zero-order valence-electron chi connectivity index (χ0n) is 14.7. The van der Waals surface area contributed by atoms with E-state index in [4.69, 9.17) is 4.74 Å². The smallest absolute Gasteiger partial charge is 0.337 e. The van der Waals surface area contributed by atoms with E-state index in [0.29, 0.717) is 29.3 Å². The van der Waals surface area contributed by atoms with Crippen molar-refractivity contribution < 1.29 is 14.3 Å². The van der Waals surface area contributed by atoms with E-state index in [0.717, 1.165) is 5.56 Å². The van der Waals surface area contributed by atoms with Crippen LogP contribution in [-0.2, 0) is 11.3 Å². The third-order valence-electron chi connectivity index (χ3n) is 3.75. The lowest BCUT2D eigenvalue weighted by Gasteiger charge is -2.08. The number of hydrogen-bond acceptors (Lipinski definition) is 6. The normalized spacial score (nSPS) is 10.1. The Balaban J connectivity index is 1.61. The molecule has 3 rings (SSSR count). The molecule has 7 nitrogen and oxygen atoms in total. The van der Waals surface area contributed by atoms with E-state index in [1.165, 1.54) is 19.5 Å². The second-order valence-electron chi connectivity index (χ2n) is 5.66. The molecule has 2 N–H and O–H groups in total. The van der Waals surface area contributed by atoms with E-state index in [9.17, 15) is 9.59 Å². The van der Waals surface area contributed by atoms with Gasteiger partial charge in [0.25, 0.3) is 5.91 Å². The highest BCUT2D eigenvalue weighted by Crippen LogP contribution is 2.15. The first-order valence-electron chi connectivity index (χ1n) is 8.25. The molecular weight excluding hydrogens is 344 g/mol. The minimum absolute atomic E-state index is 0.252. The van der Waals surface area contributed by atoms with Gasteiger partial charge >= 0.3 is 5.97 Å². The maximum absolute atomic E-state index is 12.2. The molecule has 136 valence electrons. The Morgan fingerprint density at radius 3 is 2.41 bits per heavy atom. The van der Waals surface area contributed by atoms with Crippen molar-refractivity contribution in [3.05, 3.63) is 83.7 Å². The summed E-state index contributed by atoms with van der Waals surface area (Å²) < 4.78 is 4.70. The minimum Gasteiger partial charge on any atom is -0.465 e. The molecule has 0 radical (unpaired) electrons. The van der Waals surface area contributed by atoms with Crippen LogP contribution in [0.2, 0.25) is 0 Å². The van der Waals surface area contributed by atoms with E-state index < -0.39 is 5.97 Å². The molecule has 3 aromatic rings. The van der Waals surface area contributed by atoms with Crippen molar-refractivity contribution in [3.63, 3.8) is 0 Å². The monoisotopic (exact) mass is 362 g/mol. The molecule has 7 heteroatoms. The van der Waals surface area contributed by atoms with Crippen LogP contribution in [0.3, 0.4) is 0 Å². The predicted molar refractivity (Wildman–Crippen MR) is 101 cm³/mol. The lowest BCUT2D eigenvalue weighted by molar-refractivity contribution is 0.0600. The second kappa shape index (κ2) is 8.57. The van der Waals surface area contributed by atoms with Crippen LogP contribution in [0, 0.1) is 0 Å². The Morgan fingerprint density at radius 1 is 0.963 bits per heavy atom. The Labute approximate surface area is 156 Å². The van der Waals surface area contributed by atoms with Gasteiger partial charge in [0.05, 0.1) is 18.2 Å². The largest absolute Gasteiger partial charge is 0.465 e. The molecule has 0 unspecified atom stereocenters. The highest BCUT2D eigenvalue weighted by Gasteiger charge is 2.09. The zero-order valence-corrected chi connectivity index (χ0v) is 14.7. The standard InChI is InChI=1S/C20H18N4O3/c1-27-19(26)15-8-5-9-17(10-15)24-20-22-12-16(13-23-20)18(25)21-11-14-6-3-2-4-7-14/h2-10,12-13H,11H2,1H3,(H,21,25)(H,22,23,24). The molecule has 0 bridgehead atoms. The van der Waals surface area contributed by atoms with Crippen LogP contribution in [0.15, 0.2) is 67.0 Å². The van der Waals surface area contributed by atoms with Crippen LogP contribution >= 0.6 is 0 Å². The predicted octanol–water partition coefficient (Wildman–Crippen LogP) is 2.94. The van der Waals surface area contributed by atoms with E-state index in [1.807, 2.05) is 30.3 Å². The molecule has 0 saturated heterocycles. The average Bonchev–Trinajstić information content (AvgIpc) is 2.73. The molecule has 0 fully saturated rings. The van der Waals surface area contributed by atoms with Crippen LogP contribution < -0.4 is 10.6 Å². The minimum atomic E-state index is -0.426. The number of amides is 1. The van der Waals surface area contributed by atoms with Gasteiger partial charge < -0.3 is 15.4 Å². The van der Waals surface area contributed by atoms with E-state index in [2.05, 4.69) is 20.6 Å². The van der Waals surface area contributed by atoms with Crippen molar-refractivity contribution in [1.82, 2.24) is 15.3 Å². The molecule has 2 aromatic carbocycles. The first kappa shape index (κ1) is 18.1. The number of carbonyl (C=O) groups is 2. The summed E-state index contributed by atoms with van der Waals surface area (Å²) >= 11 is 0. The number of carbonyl (C=O) groups excluding carboxylic acids is 2. The van der Waals surface area contributed by atoms with Gasteiger partial charge in [-0.2, -0.15) is 0 Å². The average molecular weight is 362 g/mol. The van der Waals surface area contributed by atoms with Crippen LogP contribution in [0.25, 0.3) is 0 Å². The summed E-state index contributed by atoms with van der Waals surface area (Å²) in [7, 11) is 1.33. The number of benzene rings is 2. The van der Waals surface area contributed by atoms with Crippen molar-refractivity contribution in [2.75, 3.05) is 12.4 Å². The van der Waals surface area contributed by atoms with Crippen molar-refractivity contribution >= 4 is 23.5 Å². The van der Waals surface area contributed by atoms with Crippen LogP contribution in [0.4, 0.5) is 11.6 Å². The van der Waals surface area contributed by atoms with Gasteiger partial charge in [-0.3, -0.25) is 4.79 Å². The molecule has 0 atom stereocenters. The number of esters is 1. The fourth-order valence-electron chi connectivity index (χ4n) is 2.36. The zero-order chi connectivity index (χ0) is 19.1. The number of ether oxygens (including phenoxy) is 1. The fraction of sp³-hybridized carbons (Fsp3) is 0.100. The molecule has 0 aliphatic rings. The third kappa shape index (κ3) is 4.88. The summed E-state index contributed by atoms with van der Waals surface area (Å²) in [6, 6.07) is 16.4. The van der Waals surface area contributed by atoms with E-state index in [-0.39, 0.29) is 5.91 Å². The number of hydrogen-bond donors (Lipinski definition) is 2. The van der Waals surface area contributed by atoms with Crippen molar-refractivity contribution in [1.29, 1.82) is 0 Å². The number of nitrogens with zero attached hydrogens (tertiary/aromatic N) is 2. The summed E-state index contributed by atoms with van der Waals surface area (Å²) in [4.78, 5) is 32.0. The van der Waals surface area contributed by atoms with Crippen molar-refractivity contribution in [2.24, 2.45) is 0 Å². The summed E-state index contributed by atoms with van der Waals surface area (Å²) in [5.41, 5.74) is 2.42. The maximum atomic E-state index is 12.2. The molecule has 1 amide bonds. The fourth-order valence-corrected chi connectivity index (χ4v) is 2.36. The molecule has 0 saturated carbocycles. The first-order chi connectivity index (χ1) is 13.2. The summed E-state index contributed by atoms with van der Waals surface area (Å²) in [5.74, 6) is -0.361. The number of methoxy groups -OCH3 is 1. The number of rotatable bonds is 6. The molecule has 0 aliphatic heterocycles. The molecule has 27 heavy (non-hydrogen) atoms. The van der Waals surface area contributed by atoms with Crippen molar-refractivity contribution in [2.45, 2.75) is 6.54 Å². The molecule has 1 heterocycles. The summed E-state index contributed by atoms with van der Waals surface area (Å²) in [6.45, 7) is 0.431. The molecule has 1 aromatic heterocycles. The van der Waals surface area contributed by atoms with Crippen LogP contribution in [0.1, 0.15) is 26.3 Å². The van der Waals surface area contributed by atoms with Gasteiger partial charge in [0.2, 0.25) is 5.95 Å². The van der Waals surface area contributed by atoms with Gasteiger partial charge in [0.1, 0.15) is 0 Å². The summed E-state index contributed by atoms with van der Waals surface area (Å²) in [5, 5.41) is 5.81. The summed E-state index contributed by atoms with van der Waals surface area (Å²) in [6.07, 6.45) is 2.89. The topological polar surface area (TPSA) is 93.2 Å². The molecular formula is C20H18N4O3. The van der Waals surface area contributed by atoms with Crippen LogP contribution in [0.5, 0.6) is 0 Å². The Kier molecular flexibility index (Phi) is 5.73. The van der Waals surface area contributed by atoms with Gasteiger partial charge in [-0.25, -0.2) is 14.8 Å². The Hall–Kier alpha value is -3.74. The van der Waals surface area contributed by atoms with Gasteiger partial charge in [-0.15, -0.1) is 0 Å². The highest BCUT2D eigenvalue weighted by molar-refractivity contribution is 5.93. The van der Waals surface area contributed by atoms with Crippen molar-refractivity contribution in [3.8, 4) is 0 Å². The Morgan fingerprint density at radius 2 is 1.70 bits per heavy atom. The third-order valence-corrected chi connectivity index (χ3v) is 3.75. The van der Waals surface area contributed by atoms with Gasteiger partial charge in [0, 0.05) is 24.6 Å². The maximum Gasteiger partial charge on any atom is 0.337 e. The van der Waals surface area contributed by atoms with Gasteiger partial charge in [0.15, 0.2) is 0 Å². The SMILES string of the molecule is COC(=O)c1cccc(Nc2ncc(C(=O)NCc3ccccc3)cn2)c1.